The van der Waals surface area contributed by atoms with Crippen molar-refractivity contribution in [2.24, 2.45) is 5.92 Å². The minimum atomic E-state index is -1.05. The highest BCUT2D eigenvalue weighted by Crippen LogP contribution is 2.26. The van der Waals surface area contributed by atoms with Crippen LogP contribution in [0.2, 0.25) is 0 Å². The third-order valence-corrected chi connectivity index (χ3v) is 6.60. The van der Waals surface area contributed by atoms with Crippen LogP contribution in [-0.2, 0) is 11.3 Å². The molecule has 1 fully saturated rings. The number of amides is 4. The Balaban J connectivity index is 1.20. The first-order chi connectivity index (χ1) is 18.3. The van der Waals surface area contributed by atoms with Crippen molar-refractivity contribution in [2.75, 3.05) is 10.6 Å². The zero-order chi connectivity index (χ0) is 27.1. The Hall–Kier alpha value is -4.66. The molecule has 0 spiro atoms. The van der Waals surface area contributed by atoms with E-state index in [2.05, 4.69) is 21.3 Å². The van der Waals surface area contributed by atoms with Crippen LogP contribution in [0.15, 0.2) is 72.8 Å². The maximum atomic E-state index is 12.7. The largest absolute Gasteiger partial charge is 0.478 e. The molecule has 0 aliphatic heterocycles. The van der Waals surface area contributed by atoms with Gasteiger partial charge >= 0.3 is 12.0 Å². The van der Waals surface area contributed by atoms with Gasteiger partial charge in [0, 0.05) is 35.4 Å². The molecule has 1 aliphatic carbocycles. The Labute approximate surface area is 220 Å². The van der Waals surface area contributed by atoms with E-state index in [9.17, 15) is 19.2 Å². The molecule has 5 N–H and O–H groups in total. The second-order valence-electron chi connectivity index (χ2n) is 9.37. The second kappa shape index (κ2) is 12.1. The standard InChI is InChI=1S/C29H30N4O5/c1-18-4-2-3-5-25(18)33-29(38)32-23-13-6-19(7-14-23)17-30-26(34)22-12-15-24(16-22)31-27(35)20-8-10-21(11-9-20)28(36)37/h2-11,13-14,22,24H,12,15-17H2,1H3,(H,30,34)(H,31,35)(H,36,37)(H2,32,33,38)/t22-,24+/m0/s1. The number of hydrogen-bond acceptors (Lipinski definition) is 4. The lowest BCUT2D eigenvalue weighted by Crippen LogP contribution is -2.34. The molecule has 38 heavy (non-hydrogen) atoms. The van der Waals surface area contributed by atoms with Gasteiger partial charge in [0.1, 0.15) is 0 Å². The van der Waals surface area contributed by atoms with E-state index in [-0.39, 0.29) is 35.4 Å². The van der Waals surface area contributed by atoms with E-state index in [1.54, 1.807) is 12.1 Å². The number of carboxylic acids is 1. The summed E-state index contributed by atoms with van der Waals surface area (Å²) in [5.74, 6) is -1.59. The van der Waals surface area contributed by atoms with E-state index in [0.29, 0.717) is 37.1 Å². The number of hydrogen-bond donors (Lipinski definition) is 5. The fraction of sp³-hybridized carbons (Fsp3) is 0.241. The predicted octanol–water partition coefficient (Wildman–Crippen LogP) is 4.55. The van der Waals surface area contributed by atoms with E-state index in [0.717, 1.165) is 16.8 Å². The summed E-state index contributed by atoms with van der Waals surface area (Å²) >= 11 is 0. The maximum absolute atomic E-state index is 12.7. The van der Waals surface area contributed by atoms with Crippen LogP contribution in [0.5, 0.6) is 0 Å². The number of nitrogens with one attached hydrogen (secondary N) is 4. The smallest absolute Gasteiger partial charge is 0.335 e. The average Bonchev–Trinajstić information content (AvgIpc) is 3.38. The predicted molar refractivity (Wildman–Crippen MR) is 144 cm³/mol. The molecule has 3 aromatic carbocycles. The fourth-order valence-electron chi connectivity index (χ4n) is 4.42. The van der Waals surface area contributed by atoms with Crippen molar-refractivity contribution in [1.29, 1.82) is 0 Å². The number of carbonyl (C=O) groups excluding carboxylic acids is 3. The molecule has 1 aliphatic rings. The number of aryl methyl sites for hydroxylation is 1. The summed E-state index contributed by atoms with van der Waals surface area (Å²) in [6.45, 7) is 2.28. The van der Waals surface area contributed by atoms with Crippen LogP contribution in [0.3, 0.4) is 0 Å². The van der Waals surface area contributed by atoms with Crippen LogP contribution in [0.25, 0.3) is 0 Å². The van der Waals surface area contributed by atoms with Crippen molar-refractivity contribution < 1.29 is 24.3 Å². The lowest BCUT2D eigenvalue weighted by atomic mass is 10.1. The number of aromatic carboxylic acids is 1. The lowest BCUT2D eigenvalue weighted by Gasteiger charge is -2.14. The average molecular weight is 515 g/mol. The van der Waals surface area contributed by atoms with Crippen molar-refractivity contribution in [2.45, 2.75) is 38.8 Å². The van der Waals surface area contributed by atoms with Gasteiger partial charge < -0.3 is 26.4 Å². The van der Waals surface area contributed by atoms with Gasteiger partial charge in [-0.05, 0) is 79.8 Å². The monoisotopic (exact) mass is 514 g/mol. The number of anilines is 2. The molecule has 3 aromatic rings. The molecule has 0 saturated heterocycles. The molecular weight excluding hydrogens is 484 g/mol. The Bertz CT molecular complexity index is 1320. The Morgan fingerprint density at radius 1 is 0.842 bits per heavy atom. The highest BCUT2D eigenvalue weighted by molar-refractivity contribution is 6.00. The zero-order valence-corrected chi connectivity index (χ0v) is 21.0. The number of benzene rings is 3. The van der Waals surface area contributed by atoms with Crippen LogP contribution >= 0.6 is 0 Å². The van der Waals surface area contributed by atoms with Gasteiger partial charge in [0.15, 0.2) is 0 Å². The van der Waals surface area contributed by atoms with E-state index in [1.807, 2.05) is 43.3 Å². The molecular formula is C29H30N4O5. The van der Waals surface area contributed by atoms with Gasteiger partial charge in [-0.3, -0.25) is 9.59 Å². The van der Waals surface area contributed by atoms with E-state index in [4.69, 9.17) is 5.11 Å². The summed E-state index contributed by atoms with van der Waals surface area (Å²) in [4.78, 5) is 48.4. The molecule has 9 heteroatoms. The first-order valence-corrected chi connectivity index (χ1v) is 12.4. The Morgan fingerprint density at radius 2 is 1.53 bits per heavy atom. The number of carboxylic acid groups (broad SMARTS) is 1. The normalized spacial score (nSPS) is 16.3. The topological polar surface area (TPSA) is 137 Å². The number of carbonyl (C=O) groups is 4. The zero-order valence-electron chi connectivity index (χ0n) is 21.0. The van der Waals surface area contributed by atoms with Gasteiger partial charge in [0.2, 0.25) is 5.91 Å². The highest BCUT2D eigenvalue weighted by atomic mass is 16.4. The van der Waals surface area contributed by atoms with E-state index < -0.39 is 5.97 Å². The van der Waals surface area contributed by atoms with Gasteiger partial charge in [0.05, 0.1) is 5.56 Å². The van der Waals surface area contributed by atoms with Crippen LogP contribution in [-0.4, -0.2) is 35.0 Å². The molecule has 2 atom stereocenters. The molecule has 1 saturated carbocycles. The maximum Gasteiger partial charge on any atom is 0.335 e. The number of urea groups is 1. The summed E-state index contributed by atoms with van der Waals surface area (Å²) in [6.07, 6.45) is 1.92. The first kappa shape index (κ1) is 26.4. The highest BCUT2D eigenvalue weighted by Gasteiger charge is 2.30. The molecule has 0 bridgehead atoms. The molecule has 4 rings (SSSR count). The summed E-state index contributed by atoms with van der Waals surface area (Å²) in [5, 5.41) is 20.5. The Kier molecular flexibility index (Phi) is 8.37. The Morgan fingerprint density at radius 3 is 2.21 bits per heavy atom. The summed E-state index contributed by atoms with van der Waals surface area (Å²) in [7, 11) is 0. The van der Waals surface area contributed by atoms with Crippen LogP contribution < -0.4 is 21.3 Å². The SMILES string of the molecule is Cc1ccccc1NC(=O)Nc1ccc(CNC(=O)[C@H]2CC[C@@H](NC(=O)c3ccc(C(=O)O)cc3)C2)cc1. The van der Waals surface area contributed by atoms with Gasteiger partial charge in [0.25, 0.3) is 5.91 Å². The summed E-state index contributed by atoms with van der Waals surface area (Å²) in [6, 6.07) is 20.1. The van der Waals surface area contributed by atoms with Crippen LogP contribution in [0.1, 0.15) is 51.1 Å². The van der Waals surface area contributed by atoms with Gasteiger partial charge in [-0.25, -0.2) is 9.59 Å². The van der Waals surface area contributed by atoms with Gasteiger partial charge in [-0.1, -0.05) is 30.3 Å². The molecule has 0 aromatic heterocycles. The minimum Gasteiger partial charge on any atom is -0.478 e. The number of rotatable bonds is 8. The van der Waals surface area contributed by atoms with E-state index in [1.165, 1.54) is 24.3 Å². The lowest BCUT2D eigenvalue weighted by molar-refractivity contribution is -0.125. The second-order valence-corrected chi connectivity index (χ2v) is 9.37. The molecule has 4 amide bonds. The van der Waals surface area contributed by atoms with E-state index >= 15 is 0 Å². The molecule has 196 valence electrons. The third-order valence-electron chi connectivity index (χ3n) is 6.60. The quantitative estimate of drug-likeness (QED) is 0.300. The summed E-state index contributed by atoms with van der Waals surface area (Å²) in [5.41, 5.74) is 3.75. The molecule has 9 nitrogen and oxygen atoms in total. The molecule has 0 unspecified atom stereocenters. The fourth-order valence-corrected chi connectivity index (χ4v) is 4.42. The van der Waals surface area contributed by atoms with Crippen molar-refractivity contribution in [1.82, 2.24) is 10.6 Å². The van der Waals surface area contributed by atoms with Crippen molar-refractivity contribution >= 4 is 35.2 Å². The van der Waals surface area contributed by atoms with Crippen molar-refractivity contribution in [3.8, 4) is 0 Å². The first-order valence-electron chi connectivity index (χ1n) is 12.4. The molecule has 0 heterocycles. The van der Waals surface area contributed by atoms with Crippen LogP contribution in [0.4, 0.5) is 16.2 Å². The van der Waals surface area contributed by atoms with Crippen molar-refractivity contribution in [3.63, 3.8) is 0 Å². The minimum absolute atomic E-state index is 0.0626. The molecule has 0 radical (unpaired) electrons. The van der Waals surface area contributed by atoms with Gasteiger partial charge in [-0.2, -0.15) is 0 Å². The summed E-state index contributed by atoms with van der Waals surface area (Å²) < 4.78 is 0. The van der Waals surface area contributed by atoms with Crippen molar-refractivity contribution in [3.05, 3.63) is 95.1 Å². The number of para-hydroxylation sites is 1. The third kappa shape index (κ3) is 6.97. The van der Waals surface area contributed by atoms with Crippen LogP contribution in [0, 0.1) is 12.8 Å². The van der Waals surface area contributed by atoms with Gasteiger partial charge in [-0.15, -0.1) is 0 Å².